The quantitative estimate of drug-likeness (QED) is 0.337. The first kappa shape index (κ1) is 24.4. The van der Waals surface area contributed by atoms with E-state index in [1.165, 1.54) is 35.0 Å². The SMILES string of the molecule is Nc1nc2cc(-c3ccc(Cl)c(C(=O)NCC(F)(F)C(O)c4cc(F)cc(F)c4)c3F)ccn2n1. The number of carbonyl (C=O) groups is 1. The Bertz CT molecular complexity index is 1430. The van der Waals surface area contributed by atoms with Crippen LogP contribution in [0.25, 0.3) is 16.8 Å². The first-order chi connectivity index (χ1) is 16.5. The summed E-state index contributed by atoms with van der Waals surface area (Å²) in [4.78, 5) is 16.5. The van der Waals surface area contributed by atoms with E-state index in [4.69, 9.17) is 17.3 Å². The number of nitrogens with two attached hydrogens (primary N) is 1. The number of carbonyl (C=O) groups excluding carboxylic acids is 1. The van der Waals surface area contributed by atoms with E-state index in [-0.39, 0.29) is 22.1 Å². The summed E-state index contributed by atoms with van der Waals surface area (Å²) in [5.74, 6) is -8.80. The molecular formula is C22H15ClF5N5O2. The van der Waals surface area contributed by atoms with Crippen LogP contribution in [0.15, 0.2) is 48.7 Å². The van der Waals surface area contributed by atoms with Crippen molar-refractivity contribution in [2.75, 3.05) is 12.3 Å². The van der Waals surface area contributed by atoms with Gasteiger partial charge in [-0.3, -0.25) is 4.79 Å². The molecule has 0 aliphatic carbocycles. The lowest BCUT2D eigenvalue weighted by Gasteiger charge is -2.23. The van der Waals surface area contributed by atoms with Crippen molar-refractivity contribution in [1.29, 1.82) is 0 Å². The average Bonchev–Trinajstić information content (AvgIpc) is 3.16. The third kappa shape index (κ3) is 4.88. The molecule has 2 heterocycles. The number of amides is 1. The maximum Gasteiger partial charge on any atom is 0.294 e. The fourth-order valence-corrected chi connectivity index (χ4v) is 3.64. The van der Waals surface area contributed by atoms with E-state index in [9.17, 15) is 27.5 Å². The zero-order valence-electron chi connectivity index (χ0n) is 17.4. The Hall–Kier alpha value is -3.77. The van der Waals surface area contributed by atoms with Gasteiger partial charge in [0.25, 0.3) is 11.8 Å². The van der Waals surface area contributed by atoms with Crippen LogP contribution in [0.2, 0.25) is 5.02 Å². The summed E-state index contributed by atoms with van der Waals surface area (Å²) in [7, 11) is 0. The van der Waals surface area contributed by atoms with Gasteiger partial charge in [-0.2, -0.15) is 4.98 Å². The van der Waals surface area contributed by atoms with Crippen molar-refractivity contribution in [3.05, 3.63) is 82.3 Å². The summed E-state index contributed by atoms with van der Waals surface area (Å²) in [5.41, 5.74) is 4.57. The molecule has 7 nitrogen and oxygen atoms in total. The van der Waals surface area contributed by atoms with Crippen LogP contribution >= 0.6 is 11.6 Å². The summed E-state index contributed by atoms with van der Waals surface area (Å²) in [6.45, 7) is -1.48. The summed E-state index contributed by atoms with van der Waals surface area (Å²) in [6, 6.07) is 6.92. The van der Waals surface area contributed by atoms with Crippen LogP contribution in [0.1, 0.15) is 22.0 Å². The number of rotatable bonds is 6. The van der Waals surface area contributed by atoms with E-state index in [1.807, 2.05) is 5.32 Å². The molecule has 0 fully saturated rings. The van der Waals surface area contributed by atoms with Crippen molar-refractivity contribution in [2.45, 2.75) is 12.0 Å². The van der Waals surface area contributed by atoms with Gasteiger partial charge >= 0.3 is 0 Å². The lowest BCUT2D eigenvalue weighted by Crippen LogP contribution is -2.41. The minimum absolute atomic E-state index is 0.0112. The van der Waals surface area contributed by atoms with E-state index < -0.39 is 53.1 Å². The van der Waals surface area contributed by atoms with Gasteiger partial charge in [-0.15, -0.1) is 5.10 Å². The van der Waals surface area contributed by atoms with E-state index >= 15 is 4.39 Å². The van der Waals surface area contributed by atoms with E-state index in [0.29, 0.717) is 23.8 Å². The molecule has 35 heavy (non-hydrogen) atoms. The fraction of sp³-hybridized carbons (Fsp3) is 0.136. The molecule has 0 aliphatic heterocycles. The fourth-order valence-electron chi connectivity index (χ4n) is 3.41. The van der Waals surface area contributed by atoms with Crippen molar-refractivity contribution in [3.63, 3.8) is 0 Å². The van der Waals surface area contributed by atoms with Gasteiger partial charge in [-0.05, 0) is 47.5 Å². The van der Waals surface area contributed by atoms with Crippen molar-refractivity contribution in [2.24, 2.45) is 0 Å². The molecule has 0 spiro atoms. The number of alkyl halides is 2. The van der Waals surface area contributed by atoms with Gasteiger partial charge in [-0.25, -0.2) is 26.5 Å². The van der Waals surface area contributed by atoms with Crippen LogP contribution in [0.3, 0.4) is 0 Å². The zero-order chi connectivity index (χ0) is 25.5. The second-order valence-corrected chi connectivity index (χ2v) is 7.93. The maximum absolute atomic E-state index is 15.3. The third-order valence-electron chi connectivity index (χ3n) is 5.07. The van der Waals surface area contributed by atoms with E-state index in [1.54, 1.807) is 0 Å². The minimum atomic E-state index is -4.06. The Morgan fingerprint density at radius 3 is 2.51 bits per heavy atom. The molecule has 0 saturated carbocycles. The molecule has 4 rings (SSSR count). The predicted molar refractivity (Wildman–Crippen MR) is 116 cm³/mol. The highest BCUT2D eigenvalue weighted by Crippen LogP contribution is 2.33. The molecule has 1 atom stereocenters. The number of aromatic nitrogens is 3. The normalized spacial score (nSPS) is 12.7. The third-order valence-corrected chi connectivity index (χ3v) is 5.38. The molecule has 182 valence electrons. The summed E-state index contributed by atoms with van der Waals surface area (Å²) < 4.78 is 72.2. The number of aliphatic hydroxyl groups excluding tert-OH is 1. The van der Waals surface area contributed by atoms with Gasteiger partial charge < -0.3 is 16.2 Å². The van der Waals surface area contributed by atoms with Crippen molar-refractivity contribution in [1.82, 2.24) is 19.9 Å². The maximum atomic E-state index is 15.3. The first-order valence-corrected chi connectivity index (χ1v) is 10.2. The van der Waals surface area contributed by atoms with Crippen LogP contribution in [-0.4, -0.2) is 38.1 Å². The molecule has 1 unspecified atom stereocenters. The summed E-state index contributed by atoms with van der Waals surface area (Å²) >= 11 is 5.96. The van der Waals surface area contributed by atoms with Crippen LogP contribution in [0, 0.1) is 17.5 Å². The number of aliphatic hydroxyl groups is 1. The second-order valence-electron chi connectivity index (χ2n) is 7.52. The topological polar surface area (TPSA) is 106 Å². The Kier molecular flexibility index (Phi) is 6.34. The number of hydrogen-bond donors (Lipinski definition) is 3. The lowest BCUT2D eigenvalue weighted by molar-refractivity contribution is -0.106. The number of halogens is 6. The Labute approximate surface area is 199 Å². The second kappa shape index (κ2) is 9.12. The zero-order valence-corrected chi connectivity index (χ0v) is 18.2. The molecule has 0 radical (unpaired) electrons. The Morgan fingerprint density at radius 1 is 1.14 bits per heavy atom. The van der Waals surface area contributed by atoms with Crippen LogP contribution in [0.4, 0.5) is 27.9 Å². The minimum Gasteiger partial charge on any atom is -0.382 e. The highest BCUT2D eigenvalue weighted by atomic mass is 35.5. The number of hydrogen-bond acceptors (Lipinski definition) is 5. The highest BCUT2D eigenvalue weighted by Gasteiger charge is 2.40. The number of nitrogens with one attached hydrogen (secondary N) is 1. The van der Waals surface area contributed by atoms with Crippen molar-refractivity contribution in [3.8, 4) is 11.1 Å². The smallest absolute Gasteiger partial charge is 0.294 e. The van der Waals surface area contributed by atoms with Gasteiger partial charge in [-0.1, -0.05) is 11.6 Å². The molecule has 0 saturated heterocycles. The van der Waals surface area contributed by atoms with E-state index in [2.05, 4.69) is 10.1 Å². The van der Waals surface area contributed by atoms with Crippen LogP contribution in [-0.2, 0) is 0 Å². The lowest BCUT2D eigenvalue weighted by atomic mass is 10.0. The summed E-state index contributed by atoms with van der Waals surface area (Å²) in [6.07, 6.45) is -1.19. The average molecular weight is 512 g/mol. The predicted octanol–water partition coefficient (Wildman–Crippen LogP) is 4.15. The van der Waals surface area contributed by atoms with Gasteiger partial charge in [0.05, 0.1) is 17.1 Å². The van der Waals surface area contributed by atoms with Gasteiger partial charge in [0, 0.05) is 17.8 Å². The monoisotopic (exact) mass is 511 g/mol. The molecule has 2 aromatic heterocycles. The van der Waals surface area contributed by atoms with E-state index in [0.717, 1.165) is 0 Å². The molecule has 0 bridgehead atoms. The van der Waals surface area contributed by atoms with Crippen LogP contribution < -0.4 is 11.1 Å². The highest BCUT2D eigenvalue weighted by molar-refractivity contribution is 6.34. The number of nitrogens with zero attached hydrogens (tertiary/aromatic N) is 3. The molecule has 4 N–H and O–H groups in total. The number of anilines is 1. The largest absolute Gasteiger partial charge is 0.382 e. The molecule has 13 heteroatoms. The Balaban J connectivity index is 1.58. The molecule has 0 aliphatic rings. The molecule has 1 amide bonds. The van der Waals surface area contributed by atoms with Crippen molar-refractivity contribution < 1.29 is 31.9 Å². The molecule has 4 aromatic rings. The van der Waals surface area contributed by atoms with Gasteiger partial charge in [0.1, 0.15) is 23.6 Å². The molecular weight excluding hydrogens is 497 g/mol. The van der Waals surface area contributed by atoms with Crippen molar-refractivity contribution >= 4 is 29.1 Å². The van der Waals surface area contributed by atoms with Gasteiger partial charge in [0.15, 0.2) is 5.65 Å². The number of benzene rings is 2. The number of nitrogen functional groups attached to an aromatic ring is 1. The summed E-state index contributed by atoms with van der Waals surface area (Å²) in [5, 5.41) is 15.3. The number of fused-ring (bicyclic) bond motifs is 1. The molecule has 2 aromatic carbocycles. The Morgan fingerprint density at radius 2 is 1.83 bits per heavy atom. The van der Waals surface area contributed by atoms with Gasteiger partial charge in [0.2, 0.25) is 5.95 Å². The van der Waals surface area contributed by atoms with Crippen LogP contribution in [0.5, 0.6) is 0 Å². The first-order valence-electron chi connectivity index (χ1n) is 9.86. The number of pyridine rings is 1. The standard InChI is InChI=1S/C22H15ClF5N5O2/c23-15-2-1-14(10-3-4-33-16(7-10)31-21(29)32-33)18(26)17(15)20(35)30-9-22(27,28)19(34)11-5-12(24)8-13(25)6-11/h1-8,19,34H,9H2,(H2,29,32)(H,30,35).